The van der Waals surface area contributed by atoms with Crippen molar-refractivity contribution in [2.24, 2.45) is 0 Å². The van der Waals surface area contributed by atoms with Crippen LogP contribution in [0.1, 0.15) is 50.4 Å². The van der Waals surface area contributed by atoms with Crippen LogP contribution in [0.15, 0.2) is 66.7 Å². The van der Waals surface area contributed by atoms with E-state index in [0.717, 1.165) is 23.3 Å². The first-order chi connectivity index (χ1) is 14.9. The third-order valence-electron chi connectivity index (χ3n) is 5.54. The van der Waals surface area contributed by atoms with Crippen LogP contribution in [-0.2, 0) is 13.0 Å². The number of aromatic carboxylic acids is 1. The first-order valence-corrected chi connectivity index (χ1v) is 10.1. The Bertz CT molecular complexity index is 1130. The molecule has 0 radical (unpaired) electrons. The van der Waals surface area contributed by atoms with Crippen LogP contribution in [0.4, 0.5) is 4.39 Å². The Morgan fingerprint density at radius 1 is 1.06 bits per heavy atom. The van der Waals surface area contributed by atoms with Gasteiger partial charge in [0.2, 0.25) is 0 Å². The fourth-order valence-corrected chi connectivity index (χ4v) is 3.79. The van der Waals surface area contributed by atoms with Gasteiger partial charge in [0.1, 0.15) is 11.6 Å². The van der Waals surface area contributed by atoms with E-state index in [0.29, 0.717) is 17.7 Å². The summed E-state index contributed by atoms with van der Waals surface area (Å²) >= 11 is 0. The van der Waals surface area contributed by atoms with Gasteiger partial charge in [-0.3, -0.25) is 4.79 Å². The van der Waals surface area contributed by atoms with Crippen LogP contribution in [0.5, 0.6) is 5.75 Å². The molecule has 1 amide bonds. The molecule has 0 aliphatic carbocycles. The molecule has 5 nitrogen and oxygen atoms in total. The van der Waals surface area contributed by atoms with Gasteiger partial charge in [0.05, 0.1) is 18.2 Å². The third kappa shape index (κ3) is 4.43. The van der Waals surface area contributed by atoms with Crippen LogP contribution in [-0.4, -0.2) is 28.5 Å². The number of carboxylic acids is 1. The van der Waals surface area contributed by atoms with Crippen LogP contribution < -0.4 is 4.74 Å². The van der Waals surface area contributed by atoms with Crippen molar-refractivity contribution in [1.29, 1.82) is 0 Å². The molecule has 1 unspecified atom stereocenters. The summed E-state index contributed by atoms with van der Waals surface area (Å²) in [5.41, 5.74) is 3.18. The molecule has 6 heteroatoms. The Hall–Kier alpha value is -3.67. The molecule has 1 atom stereocenters. The largest absolute Gasteiger partial charge is 0.493 e. The summed E-state index contributed by atoms with van der Waals surface area (Å²) in [6, 6.07) is 17.6. The molecule has 31 heavy (non-hydrogen) atoms. The highest BCUT2D eigenvalue weighted by Gasteiger charge is 2.25. The van der Waals surface area contributed by atoms with E-state index >= 15 is 0 Å². The summed E-state index contributed by atoms with van der Waals surface area (Å²) in [5.74, 6) is -0.761. The van der Waals surface area contributed by atoms with Gasteiger partial charge >= 0.3 is 5.97 Å². The lowest BCUT2D eigenvalue weighted by molar-refractivity contribution is 0.0673. The summed E-state index contributed by atoms with van der Waals surface area (Å²) in [7, 11) is 0. The number of halogens is 1. The van der Waals surface area contributed by atoms with Crippen LogP contribution in [0, 0.1) is 5.82 Å². The van der Waals surface area contributed by atoms with Crippen molar-refractivity contribution in [3.8, 4) is 5.75 Å². The van der Waals surface area contributed by atoms with E-state index in [2.05, 4.69) is 0 Å². The first kappa shape index (κ1) is 20.6. The molecular formula is C25H22FNO4. The molecule has 0 spiro atoms. The Balaban J connectivity index is 1.69. The molecule has 3 aromatic carbocycles. The number of benzene rings is 3. The van der Waals surface area contributed by atoms with Crippen LogP contribution in [0.25, 0.3) is 0 Å². The fraction of sp³-hybridized carbons (Fsp3) is 0.200. The SMILES string of the molecule is CC(c1ccc(F)cc1)N(Cc1cccc(C(=O)O)c1)C(=O)c1ccc2c(c1)CCO2. The topological polar surface area (TPSA) is 66.8 Å². The lowest BCUT2D eigenvalue weighted by atomic mass is 10.0. The van der Waals surface area contributed by atoms with Crippen molar-refractivity contribution < 1.29 is 23.8 Å². The minimum absolute atomic E-state index is 0.161. The predicted octanol–water partition coefficient (Wildman–Crippen LogP) is 4.86. The molecular weight excluding hydrogens is 397 g/mol. The summed E-state index contributed by atoms with van der Waals surface area (Å²) in [6.45, 7) is 2.69. The lowest BCUT2D eigenvalue weighted by Gasteiger charge is -2.30. The number of ether oxygens (including phenoxy) is 1. The fourth-order valence-electron chi connectivity index (χ4n) is 3.79. The molecule has 1 heterocycles. The molecule has 3 aromatic rings. The van der Waals surface area contributed by atoms with E-state index in [-0.39, 0.29) is 29.9 Å². The van der Waals surface area contributed by atoms with Crippen LogP contribution >= 0.6 is 0 Å². The standard InChI is InChI=1S/C25H22FNO4/c1-16(18-5-8-22(26)9-6-18)27(15-17-3-2-4-21(13-17)25(29)30)24(28)20-7-10-23-19(14-20)11-12-31-23/h2-10,13-14,16H,11-12,15H2,1H3,(H,29,30). The number of rotatable bonds is 6. The second kappa shape index (κ2) is 8.60. The van der Waals surface area contributed by atoms with E-state index < -0.39 is 5.97 Å². The molecule has 4 rings (SSSR count). The zero-order valence-corrected chi connectivity index (χ0v) is 17.0. The van der Waals surface area contributed by atoms with Crippen molar-refractivity contribution >= 4 is 11.9 Å². The number of carbonyl (C=O) groups excluding carboxylic acids is 1. The van der Waals surface area contributed by atoms with Crippen molar-refractivity contribution in [1.82, 2.24) is 4.90 Å². The minimum atomic E-state index is -1.02. The van der Waals surface area contributed by atoms with Gasteiger partial charge in [-0.2, -0.15) is 0 Å². The van der Waals surface area contributed by atoms with Gasteiger partial charge in [-0.15, -0.1) is 0 Å². The van der Waals surface area contributed by atoms with Crippen molar-refractivity contribution in [3.05, 3.63) is 100 Å². The molecule has 0 bridgehead atoms. The van der Waals surface area contributed by atoms with Gasteiger partial charge in [-0.1, -0.05) is 24.3 Å². The molecule has 1 aliphatic heterocycles. The molecule has 0 fully saturated rings. The second-order valence-electron chi connectivity index (χ2n) is 7.59. The summed E-state index contributed by atoms with van der Waals surface area (Å²) in [6.07, 6.45) is 0.755. The van der Waals surface area contributed by atoms with Gasteiger partial charge < -0.3 is 14.7 Å². The van der Waals surface area contributed by atoms with Crippen molar-refractivity contribution in [2.75, 3.05) is 6.61 Å². The second-order valence-corrected chi connectivity index (χ2v) is 7.59. The van der Waals surface area contributed by atoms with E-state index in [1.165, 1.54) is 18.2 Å². The smallest absolute Gasteiger partial charge is 0.335 e. The Morgan fingerprint density at radius 3 is 2.58 bits per heavy atom. The van der Waals surface area contributed by atoms with Gasteiger partial charge in [-0.05, 0) is 66.1 Å². The van der Waals surface area contributed by atoms with E-state index in [1.807, 2.05) is 13.0 Å². The quantitative estimate of drug-likeness (QED) is 0.620. The monoisotopic (exact) mass is 419 g/mol. The van der Waals surface area contributed by atoms with Crippen molar-refractivity contribution in [3.63, 3.8) is 0 Å². The lowest BCUT2D eigenvalue weighted by Crippen LogP contribution is -2.33. The van der Waals surface area contributed by atoms with Gasteiger partial charge in [0.25, 0.3) is 5.91 Å². The number of hydrogen-bond acceptors (Lipinski definition) is 3. The van der Waals surface area contributed by atoms with Gasteiger partial charge in [0.15, 0.2) is 0 Å². The van der Waals surface area contributed by atoms with E-state index in [9.17, 15) is 19.1 Å². The summed E-state index contributed by atoms with van der Waals surface area (Å²) in [5, 5.41) is 9.31. The molecule has 0 aromatic heterocycles. The zero-order valence-electron chi connectivity index (χ0n) is 17.0. The number of nitrogens with zero attached hydrogens (tertiary/aromatic N) is 1. The Labute approximate surface area is 179 Å². The number of carbonyl (C=O) groups is 2. The molecule has 1 aliphatic rings. The minimum Gasteiger partial charge on any atom is -0.493 e. The highest BCUT2D eigenvalue weighted by Crippen LogP contribution is 2.29. The molecule has 158 valence electrons. The summed E-state index contributed by atoms with van der Waals surface area (Å²) < 4.78 is 19.0. The number of amides is 1. The average Bonchev–Trinajstić information content (AvgIpc) is 3.25. The number of hydrogen-bond donors (Lipinski definition) is 1. The third-order valence-corrected chi connectivity index (χ3v) is 5.54. The highest BCUT2D eigenvalue weighted by atomic mass is 19.1. The zero-order chi connectivity index (χ0) is 22.0. The Kier molecular flexibility index (Phi) is 5.71. The maximum Gasteiger partial charge on any atom is 0.335 e. The number of fused-ring (bicyclic) bond motifs is 1. The molecule has 1 N–H and O–H groups in total. The molecule has 0 saturated heterocycles. The average molecular weight is 419 g/mol. The van der Waals surface area contributed by atoms with Crippen LogP contribution in [0.2, 0.25) is 0 Å². The van der Waals surface area contributed by atoms with E-state index in [4.69, 9.17) is 4.74 Å². The first-order valence-electron chi connectivity index (χ1n) is 10.1. The number of carboxylic acid groups (broad SMARTS) is 1. The van der Waals surface area contributed by atoms with Gasteiger partial charge in [-0.25, -0.2) is 9.18 Å². The predicted molar refractivity (Wildman–Crippen MR) is 114 cm³/mol. The summed E-state index contributed by atoms with van der Waals surface area (Å²) in [4.78, 5) is 26.6. The Morgan fingerprint density at radius 2 is 1.84 bits per heavy atom. The van der Waals surface area contributed by atoms with Gasteiger partial charge in [0, 0.05) is 18.5 Å². The maximum atomic E-state index is 13.5. The maximum absolute atomic E-state index is 13.5. The normalized spacial score (nSPS) is 13.2. The highest BCUT2D eigenvalue weighted by molar-refractivity contribution is 5.95. The molecule has 0 saturated carbocycles. The van der Waals surface area contributed by atoms with E-state index in [1.54, 1.807) is 47.4 Å². The van der Waals surface area contributed by atoms with Crippen molar-refractivity contribution in [2.45, 2.75) is 25.9 Å². The van der Waals surface area contributed by atoms with Crippen LogP contribution in [0.3, 0.4) is 0 Å².